The van der Waals surface area contributed by atoms with E-state index in [4.69, 9.17) is 22.7 Å². The summed E-state index contributed by atoms with van der Waals surface area (Å²) in [6, 6.07) is 25.6. The quantitative estimate of drug-likeness (QED) is 0.103. The number of hydrogen-bond acceptors (Lipinski definition) is 9. The minimum atomic E-state index is -0.640. The smallest absolute Gasteiger partial charge is 0.422 e. The second kappa shape index (κ2) is 16.2. The van der Waals surface area contributed by atoms with Gasteiger partial charge in [-0.15, -0.1) is 0 Å². The summed E-state index contributed by atoms with van der Waals surface area (Å²) >= 11 is 0. The summed E-state index contributed by atoms with van der Waals surface area (Å²) in [6.07, 6.45) is 13.1. The number of aromatic nitrogens is 3. The van der Waals surface area contributed by atoms with Crippen LogP contribution in [-0.4, -0.2) is 26.2 Å². The van der Waals surface area contributed by atoms with Crippen LogP contribution < -0.4 is 15.2 Å². The molecule has 6 aromatic rings. The first-order valence-corrected chi connectivity index (χ1v) is 16.2. The first-order valence-electron chi connectivity index (χ1n) is 16.2. The molecule has 10 nitrogen and oxygen atoms in total. The molecule has 0 aliphatic heterocycles. The number of aromatic hydroxyl groups is 1. The van der Waals surface area contributed by atoms with Crippen molar-refractivity contribution in [1.82, 2.24) is 14.5 Å². The van der Waals surface area contributed by atoms with Crippen molar-refractivity contribution >= 4 is 24.3 Å². The number of nitrogens with zero attached hydrogens (tertiary/aromatic N) is 3. The van der Waals surface area contributed by atoms with E-state index in [0.29, 0.717) is 54.1 Å². The number of benzene rings is 3. The Kier molecular flexibility index (Phi) is 10.9. The van der Waals surface area contributed by atoms with Crippen molar-refractivity contribution in [2.75, 3.05) is 6.61 Å². The SMILES string of the molecule is CCOc1cc(CCCCc2oc(=O)n(Cc3coc(C=Cc4ccccc4)n3)c2O)ccc1OCc1coc(C=Cc2ccccc2)n1. The first kappa shape index (κ1) is 32.9. The summed E-state index contributed by atoms with van der Waals surface area (Å²) in [6.45, 7) is 2.69. The molecular formula is C39H37N3O7. The number of aryl methyl sites for hydroxylation is 2. The van der Waals surface area contributed by atoms with Crippen LogP contribution in [0, 0.1) is 0 Å². The molecule has 3 aromatic heterocycles. The van der Waals surface area contributed by atoms with Crippen molar-refractivity contribution in [1.29, 1.82) is 0 Å². The fourth-order valence-electron chi connectivity index (χ4n) is 5.17. The predicted molar refractivity (Wildman–Crippen MR) is 186 cm³/mol. The van der Waals surface area contributed by atoms with Crippen LogP contribution in [0.5, 0.6) is 17.4 Å². The van der Waals surface area contributed by atoms with Gasteiger partial charge in [0.25, 0.3) is 0 Å². The zero-order valence-corrected chi connectivity index (χ0v) is 27.2. The average molecular weight is 660 g/mol. The van der Waals surface area contributed by atoms with Gasteiger partial charge < -0.3 is 27.8 Å². The van der Waals surface area contributed by atoms with Gasteiger partial charge in [0.1, 0.15) is 24.8 Å². The van der Waals surface area contributed by atoms with E-state index in [0.717, 1.165) is 34.1 Å². The Morgan fingerprint density at radius 1 is 0.755 bits per heavy atom. The zero-order chi connectivity index (χ0) is 33.8. The Morgan fingerprint density at radius 2 is 1.39 bits per heavy atom. The average Bonchev–Trinajstić information content (AvgIpc) is 3.85. The van der Waals surface area contributed by atoms with E-state index < -0.39 is 5.76 Å². The predicted octanol–water partition coefficient (Wildman–Crippen LogP) is 8.06. The highest BCUT2D eigenvalue weighted by molar-refractivity contribution is 5.66. The van der Waals surface area contributed by atoms with Gasteiger partial charge in [-0.25, -0.2) is 19.3 Å². The Balaban J connectivity index is 0.987. The molecule has 0 unspecified atom stereocenters. The van der Waals surface area contributed by atoms with E-state index in [9.17, 15) is 9.90 Å². The summed E-state index contributed by atoms with van der Waals surface area (Å²) in [5.41, 5.74) is 4.32. The van der Waals surface area contributed by atoms with E-state index in [1.165, 1.54) is 6.26 Å². The lowest BCUT2D eigenvalue weighted by Gasteiger charge is -2.13. The molecule has 6 rings (SSSR count). The normalized spacial score (nSPS) is 11.5. The number of oxazole rings is 3. The van der Waals surface area contributed by atoms with Gasteiger partial charge in [0, 0.05) is 18.6 Å². The van der Waals surface area contributed by atoms with Gasteiger partial charge in [0.15, 0.2) is 17.3 Å². The summed E-state index contributed by atoms with van der Waals surface area (Å²) in [7, 11) is 0. The summed E-state index contributed by atoms with van der Waals surface area (Å²) in [5, 5.41) is 10.7. The van der Waals surface area contributed by atoms with E-state index in [1.807, 2.05) is 104 Å². The number of unbranched alkanes of at least 4 members (excludes halogenated alkanes) is 1. The molecule has 0 saturated heterocycles. The lowest BCUT2D eigenvalue weighted by molar-refractivity contribution is 0.266. The van der Waals surface area contributed by atoms with Crippen LogP contribution in [0.2, 0.25) is 0 Å². The molecule has 0 fully saturated rings. The van der Waals surface area contributed by atoms with E-state index >= 15 is 0 Å². The van der Waals surface area contributed by atoms with E-state index in [2.05, 4.69) is 9.97 Å². The maximum Gasteiger partial charge on any atom is 0.422 e. The lowest BCUT2D eigenvalue weighted by atomic mass is 10.1. The summed E-state index contributed by atoms with van der Waals surface area (Å²) in [5.74, 6) is 1.60. The van der Waals surface area contributed by atoms with Gasteiger partial charge in [-0.3, -0.25) is 0 Å². The third-order valence-corrected chi connectivity index (χ3v) is 7.63. The monoisotopic (exact) mass is 659 g/mol. The molecule has 0 spiro atoms. The van der Waals surface area contributed by atoms with Crippen LogP contribution >= 0.6 is 0 Å². The second-order valence-corrected chi connectivity index (χ2v) is 11.3. The molecule has 0 atom stereocenters. The van der Waals surface area contributed by atoms with Crippen LogP contribution in [-0.2, 0) is 26.0 Å². The van der Waals surface area contributed by atoms with Crippen LogP contribution in [0.4, 0.5) is 0 Å². The highest BCUT2D eigenvalue weighted by Crippen LogP contribution is 2.30. The standard InChI is InChI=1S/C39H37N3O7/c1-2-45-35-23-30(17-20-33(35)46-26-32-27-48-37(41-32)22-19-29-13-7-4-8-14-29)15-9-10-16-34-38(43)42(39(44)49-34)24-31-25-47-36(40-31)21-18-28-11-5-3-6-12-28/h3-8,11-14,17-23,25,27,43H,2,9-10,15-16,24,26H2,1H3. The third-order valence-electron chi connectivity index (χ3n) is 7.63. The molecule has 0 radical (unpaired) electrons. The maximum atomic E-state index is 12.5. The first-order chi connectivity index (χ1) is 24.0. The number of ether oxygens (including phenoxy) is 2. The molecule has 3 heterocycles. The fraction of sp³-hybridized carbons (Fsp3) is 0.205. The van der Waals surface area contributed by atoms with Crippen LogP contribution in [0.25, 0.3) is 24.3 Å². The van der Waals surface area contributed by atoms with Crippen molar-refractivity contribution in [3.63, 3.8) is 0 Å². The van der Waals surface area contributed by atoms with Gasteiger partial charge in [-0.05, 0) is 67.2 Å². The lowest BCUT2D eigenvalue weighted by Crippen LogP contribution is -2.14. The molecule has 1 N–H and O–H groups in total. The molecule has 0 amide bonds. The second-order valence-electron chi connectivity index (χ2n) is 11.3. The van der Waals surface area contributed by atoms with Crippen molar-refractivity contribution in [3.8, 4) is 17.4 Å². The van der Waals surface area contributed by atoms with Crippen molar-refractivity contribution < 1.29 is 27.8 Å². The largest absolute Gasteiger partial charge is 0.492 e. The Morgan fingerprint density at radius 3 is 2.06 bits per heavy atom. The molecule has 250 valence electrons. The number of rotatable bonds is 16. The molecular weight excluding hydrogens is 622 g/mol. The van der Waals surface area contributed by atoms with Crippen molar-refractivity contribution in [3.05, 3.63) is 148 Å². The van der Waals surface area contributed by atoms with Gasteiger partial charge in [0.2, 0.25) is 17.7 Å². The highest BCUT2D eigenvalue weighted by Gasteiger charge is 2.17. The fourth-order valence-corrected chi connectivity index (χ4v) is 5.17. The number of hydrogen-bond donors (Lipinski definition) is 1. The van der Waals surface area contributed by atoms with E-state index in [-0.39, 0.29) is 24.8 Å². The zero-order valence-electron chi connectivity index (χ0n) is 27.2. The molecule has 3 aromatic carbocycles. The van der Waals surface area contributed by atoms with Crippen molar-refractivity contribution in [2.45, 2.75) is 45.8 Å². The minimum Gasteiger partial charge on any atom is -0.492 e. The third kappa shape index (κ3) is 9.07. The van der Waals surface area contributed by atoms with Crippen molar-refractivity contribution in [2.24, 2.45) is 0 Å². The van der Waals surface area contributed by atoms with Gasteiger partial charge >= 0.3 is 5.76 Å². The molecule has 10 heteroatoms. The Bertz CT molecular complexity index is 2050. The maximum absolute atomic E-state index is 12.5. The summed E-state index contributed by atoms with van der Waals surface area (Å²) < 4.78 is 29.5. The molecule has 0 aliphatic rings. The van der Waals surface area contributed by atoms with Gasteiger partial charge in [-0.2, -0.15) is 0 Å². The van der Waals surface area contributed by atoms with Crippen LogP contribution in [0.1, 0.15) is 65.4 Å². The molecule has 0 aliphatic carbocycles. The molecule has 0 bridgehead atoms. The molecule has 0 saturated carbocycles. The van der Waals surface area contributed by atoms with Gasteiger partial charge in [0.05, 0.1) is 18.8 Å². The highest BCUT2D eigenvalue weighted by atomic mass is 16.5. The Hall–Kier alpha value is -6.03. The van der Waals surface area contributed by atoms with Crippen LogP contribution in [0.3, 0.4) is 0 Å². The Labute approximate surface area is 283 Å². The van der Waals surface area contributed by atoms with Gasteiger partial charge in [-0.1, -0.05) is 66.7 Å². The topological polar surface area (TPSA) is 126 Å². The van der Waals surface area contributed by atoms with E-state index in [1.54, 1.807) is 12.3 Å². The molecule has 49 heavy (non-hydrogen) atoms. The van der Waals surface area contributed by atoms with Crippen LogP contribution in [0.15, 0.2) is 109 Å². The summed E-state index contributed by atoms with van der Waals surface area (Å²) in [4.78, 5) is 21.4. The minimum absolute atomic E-state index is 0.0363.